The molecule has 0 unspecified atom stereocenters. The number of hydrogen-bond acceptors (Lipinski definition) is 3. The summed E-state index contributed by atoms with van der Waals surface area (Å²) in [7, 11) is 0. The minimum absolute atomic E-state index is 0.0754. The maximum absolute atomic E-state index is 8.87. The molecule has 104 valence electrons. The molecule has 4 nitrogen and oxygen atoms in total. The van der Waals surface area contributed by atoms with Crippen LogP contribution in [-0.2, 0) is 6.42 Å². The average Bonchev–Trinajstić information content (AvgIpc) is 2.41. The van der Waals surface area contributed by atoms with Gasteiger partial charge in [0.15, 0.2) is 0 Å². The minimum Gasteiger partial charge on any atom is -0.457 e. The molecule has 0 aliphatic carbocycles. The quantitative estimate of drug-likeness (QED) is 0.585. The molecular weight excluding hydrogens is 276 g/mol. The van der Waals surface area contributed by atoms with Crippen LogP contribution in [0, 0.1) is 5.41 Å². The van der Waals surface area contributed by atoms with Crippen molar-refractivity contribution in [1.29, 1.82) is 5.41 Å². The van der Waals surface area contributed by atoms with Crippen molar-refractivity contribution in [2.75, 3.05) is 6.61 Å². The number of nitrogens with one attached hydrogen (secondary N) is 1. The van der Waals surface area contributed by atoms with Gasteiger partial charge >= 0.3 is 0 Å². The summed E-state index contributed by atoms with van der Waals surface area (Å²) in [5.74, 6) is 0.991. The molecule has 0 heterocycles. The lowest BCUT2D eigenvalue weighted by atomic mass is 10.1. The summed E-state index contributed by atoms with van der Waals surface area (Å²) < 4.78 is 5.72. The van der Waals surface area contributed by atoms with Crippen molar-refractivity contribution in [2.45, 2.75) is 6.42 Å². The van der Waals surface area contributed by atoms with Crippen molar-refractivity contribution in [3.63, 3.8) is 0 Å². The van der Waals surface area contributed by atoms with E-state index in [9.17, 15) is 0 Å². The molecule has 0 spiro atoms. The molecule has 0 radical (unpaired) electrons. The van der Waals surface area contributed by atoms with E-state index in [1.165, 1.54) is 0 Å². The van der Waals surface area contributed by atoms with Crippen LogP contribution in [0.4, 0.5) is 0 Å². The minimum atomic E-state index is -0.0754. The van der Waals surface area contributed by atoms with Gasteiger partial charge in [-0.15, -0.1) is 0 Å². The molecule has 0 saturated carbocycles. The number of rotatable bonds is 5. The predicted molar refractivity (Wildman–Crippen MR) is 79.8 cm³/mol. The zero-order valence-electron chi connectivity index (χ0n) is 10.8. The van der Waals surface area contributed by atoms with Crippen LogP contribution in [0.15, 0.2) is 42.5 Å². The number of ether oxygens (including phenoxy) is 1. The molecule has 5 heteroatoms. The number of aliphatic hydroxyl groups is 1. The fraction of sp³-hybridized carbons (Fsp3) is 0.133. The average molecular weight is 291 g/mol. The summed E-state index contributed by atoms with van der Waals surface area (Å²) in [5, 5.41) is 16.9. The van der Waals surface area contributed by atoms with Gasteiger partial charge in [0.1, 0.15) is 17.3 Å². The summed E-state index contributed by atoms with van der Waals surface area (Å²) in [6.07, 6.45) is 0.607. The molecule has 2 rings (SSSR count). The van der Waals surface area contributed by atoms with E-state index in [4.69, 9.17) is 32.6 Å². The van der Waals surface area contributed by atoms with Gasteiger partial charge in [0.25, 0.3) is 0 Å². The number of nitrogen functional groups attached to an aromatic ring is 1. The maximum atomic E-state index is 8.87. The van der Waals surface area contributed by atoms with Crippen LogP contribution >= 0.6 is 11.6 Å². The summed E-state index contributed by atoms with van der Waals surface area (Å²) in [5.41, 5.74) is 7.03. The lowest BCUT2D eigenvalue weighted by Crippen LogP contribution is -2.12. The Bertz CT molecular complexity index is 612. The Balaban J connectivity index is 2.25. The predicted octanol–water partition coefficient (Wildman–Crippen LogP) is 2.95. The Morgan fingerprint density at radius 1 is 1.20 bits per heavy atom. The van der Waals surface area contributed by atoms with Crippen LogP contribution < -0.4 is 10.5 Å². The van der Waals surface area contributed by atoms with Gasteiger partial charge < -0.3 is 15.6 Å². The molecular formula is C15H15ClN2O2. The van der Waals surface area contributed by atoms with E-state index >= 15 is 0 Å². The standard InChI is InChI=1S/C15H15ClN2O2/c16-11-3-6-13(15(17)18)14(9-11)20-12-4-1-10(2-5-12)7-8-19/h1-6,9,19H,7-8H2,(H3,17,18). The highest BCUT2D eigenvalue weighted by Crippen LogP contribution is 2.28. The van der Waals surface area contributed by atoms with E-state index in [0.717, 1.165) is 5.56 Å². The van der Waals surface area contributed by atoms with Gasteiger partial charge in [0, 0.05) is 17.7 Å². The SMILES string of the molecule is N=C(N)c1ccc(Cl)cc1Oc1ccc(CCO)cc1. The van der Waals surface area contributed by atoms with Crippen molar-refractivity contribution < 1.29 is 9.84 Å². The first-order valence-electron chi connectivity index (χ1n) is 6.12. The van der Waals surface area contributed by atoms with Gasteiger partial charge in [-0.1, -0.05) is 23.7 Å². The van der Waals surface area contributed by atoms with E-state index < -0.39 is 0 Å². The molecule has 4 N–H and O–H groups in total. The lowest BCUT2D eigenvalue weighted by Gasteiger charge is -2.11. The van der Waals surface area contributed by atoms with Crippen molar-refractivity contribution in [1.82, 2.24) is 0 Å². The third-order valence-corrected chi connectivity index (χ3v) is 3.02. The summed E-state index contributed by atoms with van der Waals surface area (Å²) in [4.78, 5) is 0. The monoisotopic (exact) mass is 290 g/mol. The van der Waals surface area contributed by atoms with Gasteiger partial charge in [0.05, 0.1) is 5.56 Å². The summed E-state index contributed by atoms with van der Waals surface area (Å²) in [6, 6.07) is 12.3. The fourth-order valence-electron chi connectivity index (χ4n) is 1.78. The molecule has 0 atom stereocenters. The molecule has 2 aromatic rings. The van der Waals surface area contributed by atoms with Gasteiger partial charge in [0.2, 0.25) is 0 Å². The van der Waals surface area contributed by atoms with Crippen LogP contribution in [0.25, 0.3) is 0 Å². The van der Waals surface area contributed by atoms with Crippen molar-refractivity contribution >= 4 is 17.4 Å². The molecule has 20 heavy (non-hydrogen) atoms. The van der Waals surface area contributed by atoms with Crippen LogP contribution in [0.1, 0.15) is 11.1 Å². The Kier molecular flexibility index (Phi) is 4.61. The second-order valence-electron chi connectivity index (χ2n) is 4.27. The highest BCUT2D eigenvalue weighted by molar-refractivity contribution is 6.30. The summed E-state index contributed by atoms with van der Waals surface area (Å²) >= 11 is 5.94. The summed E-state index contributed by atoms with van der Waals surface area (Å²) in [6.45, 7) is 0.114. The molecule has 0 aromatic heterocycles. The fourth-order valence-corrected chi connectivity index (χ4v) is 1.95. The van der Waals surface area contributed by atoms with Gasteiger partial charge in [-0.25, -0.2) is 0 Å². The van der Waals surface area contributed by atoms with Crippen LogP contribution in [0.2, 0.25) is 5.02 Å². The first-order valence-corrected chi connectivity index (χ1v) is 6.49. The number of benzene rings is 2. The number of amidine groups is 1. The van der Waals surface area contributed by atoms with Crippen LogP contribution in [0.3, 0.4) is 0 Å². The Morgan fingerprint density at radius 2 is 1.90 bits per heavy atom. The second kappa shape index (κ2) is 6.41. The highest BCUT2D eigenvalue weighted by atomic mass is 35.5. The third kappa shape index (κ3) is 3.50. The van der Waals surface area contributed by atoms with Crippen LogP contribution in [-0.4, -0.2) is 17.5 Å². The highest BCUT2D eigenvalue weighted by Gasteiger charge is 2.08. The van der Waals surface area contributed by atoms with E-state index in [1.54, 1.807) is 30.3 Å². The number of hydrogen-bond donors (Lipinski definition) is 3. The largest absolute Gasteiger partial charge is 0.457 e. The Labute approximate surface area is 122 Å². The third-order valence-electron chi connectivity index (χ3n) is 2.79. The number of nitrogens with two attached hydrogens (primary N) is 1. The van der Waals surface area contributed by atoms with Crippen LogP contribution in [0.5, 0.6) is 11.5 Å². The topological polar surface area (TPSA) is 79.3 Å². The first kappa shape index (κ1) is 14.4. The second-order valence-corrected chi connectivity index (χ2v) is 4.71. The number of halogens is 1. The first-order chi connectivity index (χ1) is 9.60. The van der Waals surface area contributed by atoms with Gasteiger partial charge in [-0.3, -0.25) is 5.41 Å². The zero-order valence-corrected chi connectivity index (χ0v) is 11.5. The van der Waals surface area contributed by atoms with E-state index in [-0.39, 0.29) is 12.4 Å². The van der Waals surface area contributed by atoms with Crippen molar-refractivity contribution in [2.24, 2.45) is 5.73 Å². The van der Waals surface area contributed by atoms with Crippen molar-refractivity contribution in [3.8, 4) is 11.5 Å². The molecule has 0 fully saturated rings. The Hall–Kier alpha value is -2.04. The molecule has 0 aliphatic rings. The normalized spacial score (nSPS) is 10.3. The Morgan fingerprint density at radius 3 is 2.50 bits per heavy atom. The number of aliphatic hydroxyl groups excluding tert-OH is 1. The molecule has 0 bridgehead atoms. The van der Waals surface area contributed by atoms with Gasteiger partial charge in [-0.05, 0) is 36.2 Å². The molecule has 0 amide bonds. The lowest BCUT2D eigenvalue weighted by molar-refractivity contribution is 0.299. The molecule has 0 saturated heterocycles. The molecule has 0 aliphatic heterocycles. The van der Waals surface area contributed by atoms with E-state index in [2.05, 4.69) is 0 Å². The smallest absolute Gasteiger partial charge is 0.139 e. The van der Waals surface area contributed by atoms with E-state index in [0.29, 0.717) is 28.5 Å². The zero-order chi connectivity index (χ0) is 14.5. The maximum Gasteiger partial charge on any atom is 0.139 e. The van der Waals surface area contributed by atoms with Gasteiger partial charge in [-0.2, -0.15) is 0 Å². The van der Waals surface area contributed by atoms with Crippen molar-refractivity contribution in [3.05, 3.63) is 58.6 Å². The molecule has 2 aromatic carbocycles. The van der Waals surface area contributed by atoms with E-state index in [1.807, 2.05) is 12.1 Å².